The van der Waals surface area contributed by atoms with Crippen LogP contribution in [0, 0.1) is 0 Å². The van der Waals surface area contributed by atoms with Crippen LogP contribution in [0.2, 0.25) is 0 Å². The Bertz CT molecular complexity index is 564. The first-order valence-corrected chi connectivity index (χ1v) is 6.87. The normalized spacial score (nSPS) is 17.2. The fraction of sp³-hybridized carbons (Fsp3) is 0.400. The molecule has 0 radical (unpaired) electrons. The fourth-order valence-electron chi connectivity index (χ4n) is 2.77. The van der Waals surface area contributed by atoms with Crippen LogP contribution in [0.1, 0.15) is 31.5 Å². The average Bonchev–Trinajstić information content (AvgIpc) is 2.93. The van der Waals surface area contributed by atoms with E-state index in [1.165, 1.54) is 0 Å². The summed E-state index contributed by atoms with van der Waals surface area (Å²) in [6, 6.07) is 8.15. The van der Waals surface area contributed by atoms with Crippen molar-refractivity contribution in [3.63, 3.8) is 0 Å². The summed E-state index contributed by atoms with van der Waals surface area (Å²) in [6.07, 6.45) is 6.10. The third-order valence-electron chi connectivity index (χ3n) is 3.72. The second-order valence-corrected chi connectivity index (χ2v) is 4.89. The molecule has 0 bridgehead atoms. The number of aromatic nitrogens is 2. The molecule has 1 aliphatic rings. The Morgan fingerprint density at radius 3 is 3.00 bits per heavy atom. The average molecular weight is 257 g/mol. The Labute approximate surface area is 113 Å². The number of aliphatic hydroxyl groups is 1. The van der Waals surface area contributed by atoms with E-state index in [1.807, 2.05) is 24.5 Å². The molecule has 0 spiro atoms. The highest BCUT2D eigenvalue weighted by Crippen LogP contribution is 2.37. The van der Waals surface area contributed by atoms with E-state index in [9.17, 15) is 5.11 Å². The Balaban J connectivity index is 2.10. The lowest BCUT2D eigenvalue weighted by Gasteiger charge is -2.37. The molecular formula is C15H19N3O. The molecule has 4 heteroatoms. The summed E-state index contributed by atoms with van der Waals surface area (Å²) in [5.74, 6) is 0.971. The van der Waals surface area contributed by atoms with Crippen molar-refractivity contribution in [1.29, 1.82) is 0 Å². The van der Waals surface area contributed by atoms with Gasteiger partial charge in [-0.2, -0.15) is 0 Å². The largest absolute Gasteiger partial charge is 0.394 e. The summed E-state index contributed by atoms with van der Waals surface area (Å²) < 4.78 is 2.13. The molecule has 0 aliphatic carbocycles. The Kier molecular flexibility index (Phi) is 3.25. The monoisotopic (exact) mass is 257 g/mol. The molecule has 1 atom stereocenters. The van der Waals surface area contributed by atoms with Crippen molar-refractivity contribution < 1.29 is 5.11 Å². The van der Waals surface area contributed by atoms with Crippen LogP contribution in [0.3, 0.4) is 0 Å². The van der Waals surface area contributed by atoms with Crippen molar-refractivity contribution in [2.24, 2.45) is 0 Å². The van der Waals surface area contributed by atoms with E-state index in [4.69, 9.17) is 0 Å². The lowest BCUT2D eigenvalue weighted by atomic mass is 10.1. The first-order chi connectivity index (χ1) is 9.36. The molecule has 0 fully saturated rings. The van der Waals surface area contributed by atoms with Crippen LogP contribution in [0.15, 0.2) is 36.7 Å². The zero-order valence-corrected chi connectivity index (χ0v) is 11.2. The molecule has 0 saturated heterocycles. The summed E-state index contributed by atoms with van der Waals surface area (Å²) in [5.41, 5.74) is 2.24. The molecule has 0 aromatic carbocycles. The molecule has 1 aliphatic heterocycles. The van der Waals surface area contributed by atoms with Gasteiger partial charge in [-0.25, -0.2) is 4.98 Å². The van der Waals surface area contributed by atoms with Crippen molar-refractivity contribution >= 4 is 5.82 Å². The number of aliphatic hydroxyl groups excluding tert-OH is 1. The van der Waals surface area contributed by atoms with Gasteiger partial charge in [-0.05, 0) is 30.7 Å². The maximum Gasteiger partial charge on any atom is 0.153 e. The second kappa shape index (κ2) is 5.05. The number of pyridine rings is 1. The maximum absolute atomic E-state index is 9.77. The molecule has 19 heavy (non-hydrogen) atoms. The van der Waals surface area contributed by atoms with Crippen LogP contribution in [0.25, 0.3) is 5.69 Å². The lowest BCUT2D eigenvalue weighted by molar-refractivity contribution is 0.254. The van der Waals surface area contributed by atoms with E-state index in [0.29, 0.717) is 0 Å². The highest BCUT2D eigenvalue weighted by Gasteiger charge is 2.30. The van der Waals surface area contributed by atoms with Crippen molar-refractivity contribution in [2.75, 3.05) is 18.1 Å². The molecule has 3 heterocycles. The van der Waals surface area contributed by atoms with Crippen molar-refractivity contribution in [1.82, 2.24) is 9.55 Å². The Morgan fingerprint density at radius 2 is 2.21 bits per heavy atom. The van der Waals surface area contributed by atoms with Gasteiger partial charge in [0.15, 0.2) is 5.82 Å². The summed E-state index contributed by atoms with van der Waals surface area (Å²) in [5, 5.41) is 9.77. The van der Waals surface area contributed by atoms with E-state index < -0.39 is 0 Å². The van der Waals surface area contributed by atoms with Crippen molar-refractivity contribution in [2.45, 2.75) is 25.8 Å². The zero-order valence-electron chi connectivity index (χ0n) is 11.2. The number of unbranched alkanes of at least 4 members (excludes halogenated alkanes) is 1. The Morgan fingerprint density at radius 1 is 1.32 bits per heavy atom. The van der Waals surface area contributed by atoms with Gasteiger partial charge >= 0.3 is 0 Å². The number of anilines is 1. The molecular weight excluding hydrogens is 238 g/mol. The van der Waals surface area contributed by atoms with Crippen LogP contribution in [0.4, 0.5) is 5.82 Å². The van der Waals surface area contributed by atoms with Gasteiger partial charge in [0.05, 0.1) is 18.3 Å². The van der Waals surface area contributed by atoms with Gasteiger partial charge in [-0.3, -0.25) is 0 Å². The highest BCUT2D eigenvalue weighted by molar-refractivity contribution is 5.62. The molecule has 4 nitrogen and oxygen atoms in total. The molecule has 3 rings (SSSR count). The number of rotatable bonds is 4. The number of nitrogens with zero attached hydrogens (tertiary/aromatic N) is 3. The smallest absolute Gasteiger partial charge is 0.153 e. The topological polar surface area (TPSA) is 41.3 Å². The summed E-state index contributed by atoms with van der Waals surface area (Å²) in [7, 11) is 0. The van der Waals surface area contributed by atoms with Crippen LogP contribution in [-0.4, -0.2) is 27.8 Å². The first-order valence-electron chi connectivity index (χ1n) is 6.87. The number of fused-ring (bicyclic) bond motifs is 3. The van der Waals surface area contributed by atoms with Crippen LogP contribution >= 0.6 is 0 Å². The molecule has 2 aromatic heterocycles. The van der Waals surface area contributed by atoms with Crippen molar-refractivity contribution in [3.05, 3.63) is 42.4 Å². The minimum atomic E-state index is 0.00366. The van der Waals surface area contributed by atoms with E-state index in [1.54, 1.807) is 0 Å². The Hall–Kier alpha value is -1.81. The van der Waals surface area contributed by atoms with Crippen LogP contribution < -0.4 is 4.90 Å². The second-order valence-electron chi connectivity index (χ2n) is 4.89. The molecule has 0 saturated carbocycles. The standard InChI is InChI=1S/C15H19N3O/c1-2-3-9-18-14(11-19)12-7-5-10-17(12)13-6-4-8-16-15(13)18/h4-8,10,14,19H,2-3,9,11H2,1H3. The fourth-order valence-corrected chi connectivity index (χ4v) is 2.77. The minimum absolute atomic E-state index is 0.00366. The quantitative estimate of drug-likeness (QED) is 0.915. The molecule has 2 aromatic rings. The van der Waals surface area contributed by atoms with Crippen molar-refractivity contribution in [3.8, 4) is 5.69 Å². The van der Waals surface area contributed by atoms with Gasteiger partial charge in [-0.1, -0.05) is 13.3 Å². The summed E-state index contributed by atoms with van der Waals surface area (Å²) >= 11 is 0. The highest BCUT2D eigenvalue weighted by atomic mass is 16.3. The van der Waals surface area contributed by atoms with E-state index in [-0.39, 0.29) is 12.6 Å². The first kappa shape index (κ1) is 12.2. The molecule has 1 unspecified atom stereocenters. The lowest BCUT2D eigenvalue weighted by Crippen LogP contribution is -2.37. The van der Waals surface area contributed by atoms with Gasteiger partial charge in [-0.15, -0.1) is 0 Å². The third kappa shape index (κ3) is 1.92. The van der Waals surface area contributed by atoms with Gasteiger partial charge in [0.1, 0.15) is 0 Å². The number of hydrogen-bond acceptors (Lipinski definition) is 3. The summed E-state index contributed by atoms with van der Waals surface area (Å²) in [4.78, 5) is 6.75. The zero-order chi connectivity index (χ0) is 13.2. The molecule has 1 N–H and O–H groups in total. The number of hydrogen-bond donors (Lipinski definition) is 1. The third-order valence-corrected chi connectivity index (χ3v) is 3.72. The van der Waals surface area contributed by atoms with E-state index in [0.717, 1.165) is 36.6 Å². The van der Waals surface area contributed by atoms with E-state index in [2.05, 4.69) is 33.5 Å². The SMILES string of the molecule is CCCCN1c2ncccc2-n2cccc2C1CO. The van der Waals surface area contributed by atoms with Gasteiger partial charge in [0.2, 0.25) is 0 Å². The van der Waals surface area contributed by atoms with Gasteiger partial charge in [0.25, 0.3) is 0 Å². The van der Waals surface area contributed by atoms with E-state index >= 15 is 0 Å². The predicted octanol–water partition coefficient (Wildman–Crippen LogP) is 2.53. The van der Waals surface area contributed by atoms with Crippen LogP contribution in [-0.2, 0) is 0 Å². The minimum Gasteiger partial charge on any atom is -0.394 e. The summed E-state index contributed by atoms with van der Waals surface area (Å²) in [6.45, 7) is 3.22. The maximum atomic E-state index is 9.77. The molecule has 100 valence electrons. The van der Waals surface area contributed by atoms with Crippen LogP contribution in [0.5, 0.6) is 0 Å². The van der Waals surface area contributed by atoms with Gasteiger partial charge < -0.3 is 14.6 Å². The van der Waals surface area contributed by atoms with Gasteiger partial charge in [0, 0.05) is 24.6 Å². The molecule has 0 amide bonds. The predicted molar refractivity (Wildman–Crippen MR) is 75.6 cm³/mol.